The minimum absolute atomic E-state index is 0.706. The number of aliphatic imine (C=N–C) groups is 1. The third kappa shape index (κ3) is 3.09. The lowest BCUT2D eigenvalue weighted by molar-refractivity contribution is 0.575. The second-order valence-electron chi connectivity index (χ2n) is 6.25. The van der Waals surface area contributed by atoms with Crippen LogP contribution in [0.25, 0.3) is 33.3 Å². The van der Waals surface area contributed by atoms with Gasteiger partial charge in [-0.2, -0.15) is 0 Å². The van der Waals surface area contributed by atoms with Crippen LogP contribution in [0.15, 0.2) is 97.2 Å². The van der Waals surface area contributed by atoms with Gasteiger partial charge in [-0.05, 0) is 42.5 Å². The molecule has 0 atom stereocenters. The molecular formula is C23H14BrNO2. The van der Waals surface area contributed by atoms with Crippen molar-refractivity contribution in [2.45, 2.75) is 0 Å². The zero-order valence-electron chi connectivity index (χ0n) is 14.2. The smallest absolute Gasteiger partial charge is 0.145 e. The number of fused-ring (bicyclic) bond motifs is 3. The Kier molecular flexibility index (Phi) is 3.91. The summed E-state index contributed by atoms with van der Waals surface area (Å²) >= 11 is 3.44. The Hall–Kier alpha value is -3.11. The Morgan fingerprint density at radius 2 is 1.56 bits per heavy atom. The van der Waals surface area contributed by atoms with Gasteiger partial charge in [0.15, 0.2) is 0 Å². The van der Waals surface area contributed by atoms with Gasteiger partial charge in [0.1, 0.15) is 22.7 Å². The monoisotopic (exact) mass is 415 g/mol. The molecule has 2 heterocycles. The number of hydrogen-bond acceptors (Lipinski definition) is 3. The summed E-state index contributed by atoms with van der Waals surface area (Å²) in [4.78, 5) is 4.53. The second kappa shape index (κ2) is 6.56. The molecule has 0 aliphatic heterocycles. The van der Waals surface area contributed by atoms with Crippen LogP contribution in [0.5, 0.6) is 0 Å². The van der Waals surface area contributed by atoms with Crippen LogP contribution in [0.2, 0.25) is 0 Å². The Balaban J connectivity index is 1.43. The van der Waals surface area contributed by atoms with Crippen LogP contribution in [0.1, 0.15) is 5.76 Å². The molecule has 2 aromatic heterocycles. The van der Waals surface area contributed by atoms with Crippen molar-refractivity contribution in [1.82, 2.24) is 0 Å². The molecule has 4 heteroatoms. The Bertz CT molecular complexity index is 1280. The van der Waals surface area contributed by atoms with Crippen LogP contribution in [0.4, 0.5) is 5.69 Å². The molecule has 5 aromatic rings. The predicted octanol–water partition coefficient (Wildman–Crippen LogP) is 7.36. The third-order valence-electron chi connectivity index (χ3n) is 4.46. The molecule has 0 spiro atoms. The third-order valence-corrected chi connectivity index (χ3v) is 4.99. The van der Waals surface area contributed by atoms with Gasteiger partial charge < -0.3 is 8.83 Å². The quantitative estimate of drug-likeness (QED) is 0.288. The van der Waals surface area contributed by atoms with E-state index in [1.807, 2.05) is 72.8 Å². The molecule has 0 aliphatic rings. The van der Waals surface area contributed by atoms with E-state index in [1.54, 1.807) is 6.21 Å². The number of rotatable bonds is 3. The lowest BCUT2D eigenvalue weighted by Crippen LogP contribution is -1.75. The van der Waals surface area contributed by atoms with Gasteiger partial charge >= 0.3 is 0 Å². The Morgan fingerprint density at radius 3 is 2.44 bits per heavy atom. The minimum Gasteiger partial charge on any atom is -0.456 e. The Morgan fingerprint density at radius 1 is 0.741 bits per heavy atom. The molecule has 0 N–H and O–H groups in total. The molecule has 0 unspecified atom stereocenters. The van der Waals surface area contributed by atoms with Gasteiger partial charge in [-0.25, -0.2) is 0 Å². The zero-order chi connectivity index (χ0) is 18.2. The highest BCUT2D eigenvalue weighted by Crippen LogP contribution is 2.31. The normalized spacial score (nSPS) is 11.7. The first-order valence-corrected chi connectivity index (χ1v) is 9.37. The van der Waals surface area contributed by atoms with E-state index in [1.165, 1.54) is 0 Å². The summed E-state index contributed by atoms with van der Waals surface area (Å²) < 4.78 is 12.8. The van der Waals surface area contributed by atoms with Crippen molar-refractivity contribution >= 4 is 49.8 Å². The average Bonchev–Trinajstić information content (AvgIpc) is 3.31. The first-order valence-electron chi connectivity index (χ1n) is 8.57. The lowest BCUT2D eigenvalue weighted by atomic mass is 10.1. The molecule has 27 heavy (non-hydrogen) atoms. The van der Waals surface area contributed by atoms with Crippen LogP contribution < -0.4 is 0 Å². The second-order valence-corrected chi connectivity index (χ2v) is 7.16. The molecule has 0 fully saturated rings. The van der Waals surface area contributed by atoms with Gasteiger partial charge in [0, 0.05) is 26.9 Å². The number of para-hydroxylation sites is 1. The molecule has 0 saturated heterocycles. The van der Waals surface area contributed by atoms with E-state index >= 15 is 0 Å². The van der Waals surface area contributed by atoms with Gasteiger partial charge in [0.2, 0.25) is 0 Å². The maximum absolute atomic E-state index is 5.92. The molecule has 0 saturated carbocycles. The van der Waals surface area contributed by atoms with E-state index in [2.05, 4.69) is 27.0 Å². The number of hydrogen-bond donors (Lipinski definition) is 0. The van der Waals surface area contributed by atoms with Crippen molar-refractivity contribution in [3.63, 3.8) is 0 Å². The first-order chi connectivity index (χ1) is 13.3. The molecule has 0 amide bonds. The molecule has 0 aliphatic carbocycles. The van der Waals surface area contributed by atoms with Gasteiger partial charge in [-0.15, -0.1) is 0 Å². The average molecular weight is 416 g/mol. The number of furan rings is 2. The summed E-state index contributed by atoms with van der Waals surface area (Å²) in [5.74, 6) is 1.52. The van der Waals surface area contributed by atoms with Crippen LogP contribution in [-0.2, 0) is 0 Å². The van der Waals surface area contributed by atoms with Crippen LogP contribution in [0.3, 0.4) is 0 Å². The standard InChI is InChI=1S/C23H14BrNO2/c24-16-7-5-15(6-8-16)21-12-10-18(26-21)14-25-17-9-11-20-19-3-1-2-4-22(19)27-23(20)13-17/h1-14H. The van der Waals surface area contributed by atoms with Crippen molar-refractivity contribution in [1.29, 1.82) is 0 Å². The van der Waals surface area contributed by atoms with Crippen molar-refractivity contribution in [3.8, 4) is 11.3 Å². The van der Waals surface area contributed by atoms with E-state index in [4.69, 9.17) is 8.83 Å². The SMILES string of the molecule is Brc1ccc(-c2ccc(C=Nc3ccc4c(c3)oc3ccccc34)o2)cc1. The van der Waals surface area contributed by atoms with Crippen molar-refractivity contribution in [2.24, 2.45) is 4.99 Å². The van der Waals surface area contributed by atoms with E-state index in [0.717, 1.165) is 43.4 Å². The molecule has 0 bridgehead atoms. The molecule has 5 rings (SSSR count). The number of benzene rings is 3. The molecule has 130 valence electrons. The summed E-state index contributed by atoms with van der Waals surface area (Å²) in [7, 11) is 0. The summed E-state index contributed by atoms with van der Waals surface area (Å²) in [5.41, 5.74) is 3.57. The van der Waals surface area contributed by atoms with E-state index < -0.39 is 0 Å². The topological polar surface area (TPSA) is 38.6 Å². The fourth-order valence-corrected chi connectivity index (χ4v) is 3.39. The first kappa shape index (κ1) is 16.1. The van der Waals surface area contributed by atoms with Crippen molar-refractivity contribution in [2.75, 3.05) is 0 Å². The fraction of sp³-hybridized carbons (Fsp3) is 0. The van der Waals surface area contributed by atoms with Crippen LogP contribution in [0, 0.1) is 0 Å². The van der Waals surface area contributed by atoms with Gasteiger partial charge in [-0.3, -0.25) is 4.99 Å². The van der Waals surface area contributed by atoms with E-state index in [9.17, 15) is 0 Å². The van der Waals surface area contributed by atoms with Crippen LogP contribution >= 0.6 is 15.9 Å². The highest BCUT2D eigenvalue weighted by molar-refractivity contribution is 9.10. The summed E-state index contributed by atoms with van der Waals surface area (Å²) in [6.45, 7) is 0. The maximum atomic E-state index is 5.92. The van der Waals surface area contributed by atoms with Gasteiger partial charge in [0.25, 0.3) is 0 Å². The molecule has 3 nitrogen and oxygen atoms in total. The molecule has 3 aromatic carbocycles. The molecule has 0 radical (unpaired) electrons. The summed E-state index contributed by atoms with van der Waals surface area (Å²) in [6, 6.07) is 25.9. The minimum atomic E-state index is 0.706. The van der Waals surface area contributed by atoms with E-state index in [-0.39, 0.29) is 0 Å². The lowest BCUT2D eigenvalue weighted by Gasteiger charge is -1.96. The maximum Gasteiger partial charge on any atom is 0.145 e. The van der Waals surface area contributed by atoms with Crippen molar-refractivity contribution in [3.05, 3.63) is 89.1 Å². The van der Waals surface area contributed by atoms with E-state index in [0.29, 0.717) is 5.76 Å². The molecular weight excluding hydrogens is 402 g/mol. The van der Waals surface area contributed by atoms with Gasteiger partial charge in [0.05, 0.1) is 11.9 Å². The fourth-order valence-electron chi connectivity index (χ4n) is 3.12. The number of halogens is 1. The summed E-state index contributed by atoms with van der Waals surface area (Å²) in [6.07, 6.45) is 1.73. The van der Waals surface area contributed by atoms with Crippen molar-refractivity contribution < 1.29 is 8.83 Å². The van der Waals surface area contributed by atoms with Crippen LogP contribution in [-0.4, -0.2) is 6.21 Å². The largest absolute Gasteiger partial charge is 0.456 e. The highest BCUT2D eigenvalue weighted by Gasteiger charge is 2.07. The zero-order valence-corrected chi connectivity index (χ0v) is 15.8. The summed E-state index contributed by atoms with van der Waals surface area (Å²) in [5, 5.41) is 2.22. The number of nitrogens with zero attached hydrogens (tertiary/aromatic N) is 1. The predicted molar refractivity (Wildman–Crippen MR) is 113 cm³/mol. The van der Waals surface area contributed by atoms with Gasteiger partial charge in [-0.1, -0.05) is 46.3 Å². The highest BCUT2D eigenvalue weighted by atomic mass is 79.9. The Labute approximate surface area is 164 Å².